The molecule has 0 bridgehead atoms. The fourth-order valence-electron chi connectivity index (χ4n) is 2.13. The fraction of sp³-hybridized carbons (Fsp3) is 0.364. The van der Waals surface area contributed by atoms with Crippen LogP contribution in [0.3, 0.4) is 0 Å². The molecule has 0 saturated heterocycles. The van der Waals surface area contributed by atoms with Crippen LogP contribution >= 0.6 is 15.9 Å². The average Bonchev–Trinajstić information content (AvgIpc) is 2.17. The van der Waals surface area contributed by atoms with Crippen LogP contribution in [0.15, 0.2) is 22.7 Å². The Morgan fingerprint density at radius 2 is 2.12 bits per heavy atom. The lowest BCUT2D eigenvalue weighted by atomic mass is 9.62. The average molecular weight is 289 g/mol. The number of aliphatic carboxylic acids is 1. The van der Waals surface area contributed by atoms with Gasteiger partial charge in [0.15, 0.2) is 0 Å². The zero-order chi connectivity index (χ0) is 11.9. The zero-order valence-electron chi connectivity index (χ0n) is 8.28. The molecular formula is C11H10BrFO3. The van der Waals surface area contributed by atoms with E-state index in [0.717, 1.165) is 0 Å². The highest BCUT2D eigenvalue weighted by atomic mass is 79.9. The van der Waals surface area contributed by atoms with Crippen molar-refractivity contribution in [2.75, 3.05) is 0 Å². The van der Waals surface area contributed by atoms with Gasteiger partial charge >= 0.3 is 5.97 Å². The van der Waals surface area contributed by atoms with Crippen molar-refractivity contribution in [3.05, 3.63) is 34.1 Å². The molecule has 0 unspecified atom stereocenters. The van der Waals surface area contributed by atoms with Crippen molar-refractivity contribution in [3.63, 3.8) is 0 Å². The lowest BCUT2D eigenvalue weighted by Gasteiger charge is -2.42. The van der Waals surface area contributed by atoms with Gasteiger partial charge in [0.25, 0.3) is 0 Å². The van der Waals surface area contributed by atoms with Crippen LogP contribution < -0.4 is 0 Å². The number of hydrogen-bond donors (Lipinski definition) is 2. The summed E-state index contributed by atoms with van der Waals surface area (Å²) in [4.78, 5) is 11.2. The minimum Gasteiger partial charge on any atom is -0.481 e. The van der Waals surface area contributed by atoms with E-state index in [1.807, 2.05) is 0 Å². The van der Waals surface area contributed by atoms with Gasteiger partial charge in [-0.15, -0.1) is 0 Å². The Morgan fingerprint density at radius 3 is 2.62 bits per heavy atom. The smallest absolute Gasteiger partial charge is 0.314 e. The maximum Gasteiger partial charge on any atom is 0.314 e. The van der Waals surface area contributed by atoms with Crippen molar-refractivity contribution in [2.24, 2.45) is 0 Å². The molecule has 1 aliphatic carbocycles. The summed E-state index contributed by atoms with van der Waals surface area (Å²) in [6, 6.07) is 4.57. The van der Waals surface area contributed by atoms with Crippen LogP contribution in [0.2, 0.25) is 0 Å². The molecule has 1 fully saturated rings. The lowest BCUT2D eigenvalue weighted by Crippen LogP contribution is -2.51. The van der Waals surface area contributed by atoms with Gasteiger partial charge < -0.3 is 10.2 Å². The van der Waals surface area contributed by atoms with E-state index in [-0.39, 0.29) is 22.9 Å². The maximum absolute atomic E-state index is 13.8. The van der Waals surface area contributed by atoms with Crippen LogP contribution in [-0.2, 0) is 10.2 Å². The molecule has 1 aliphatic rings. The normalized spacial score (nSPS) is 28.6. The summed E-state index contributed by atoms with van der Waals surface area (Å²) < 4.78 is 14.1. The van der Waals surface area contributed by atoms with Gasteiger partial charge in [-0.25, -0.2) is 4.39 Å². The van der Waals surface area contributed by atoms with E-state index in [9.17, 15) is 19.4 Å². The molecule has 1 saturated carbocycles. The number of hydrogen-bond acceptors (Lipinski definition) is 2. The summed E-state index contributed by atoms with van der Waals surface area (Å²) in [6.45, 7) is 0. The molecule has 2 rings (SSSR count). The number of halogens is 2. The van der Waals surface area contributed by atoms with Crippen molar-refractivity contribution in [2.45, 2.75) is 24.4 Å². The Kier molecular flexibility index (Phi) is 2.75. The third-order valence-corrected chi connectivity index (χ3v) is 3.66. The Balaban J connectivity index is 2.49. The molecule has 0 aliphatic heterocycles. The number of benzene rings is 1. The van der Waals surface area contributed by atoms with Crippen molar-refractivity contribution in [1.82, 2.24) is 0 Å². The van der Waals surface area contributed by atoms with Gasteiger partial charge in [-0.3, -0.25) is 4.79 Å². The van der Waals surface area contributed by atoms with Gasteiger partial charge in [-0.05, 0) is 34.8 Å². The minimum absolute atomic E-state index is 0.0652. The van der Waals surface area contributed by atoms with E-state index in [2.05, 4.69) is 15.9 Å². The summed E-state index contributed by atoms with van der Waals surface area (Å²) >= 11 is 3.03. The Bertz CT molecular complexity index is 441. The Hall–Kier alpha value is -0.940. The fourth-order valence-corrected chi connectivity index (χ4v) is 2.49. The number of carboxylic acid groups (broad SMARTS) is 1. The molecule has 1 aromatic carbocycles. The van der Waals surface area contributed by atoms with Crippen molar-refractivity contribution in [1.29, 1.82) is 0 Å². The lowest BCUT2D eigenvalue weighted by molar-refractivity contribution is -0.153. The predicted molar refractivity (Wildman–Crippen MR) is 58.7 cm³/mol. The van der Waals surface area contributed by atoms with Gasteiger partial charge in [0.1, 0.15) is 11.2 Å². The predicted octanol–water partition coefficient (Wildman–Crippen LogP) is 2.07. The summed E-state index contributed by atoms with van der Waals surface area (Å²) in [5.74, 6) is -1.65. The third kappa shape index (κ3) is 1.55. The second-order valence-corrected chi connectivity index (χ2v) is 4.91. The highest BCUT2D eigenvalue weighted by Gasteiger charge is 2.52. The molecule has 3 nitrogen and oxygen atoms in total. The molecule has 86 valence electrons. The number of carboxylic acids is 1. The largest absolute Gasteiger partial charge is 0.481 e. The van der Waals surface area contributed by atoms with Gasteiger partial charge in [0.2, 0.25) is 0 Å². The van der Waals surface area contributed by atoms with Crippen LogP contribution in [-0.4, -0.2) is 22.3 Å². The molecular weight excluding hydrogens is 279 g/mol. The van der Waals surface area contributed by atoms with Crippen LogP contribution in [0.4, 0.5) is 4.39 Å². The Morgan fingerprint density at radius 1 is 1.50 bits per heavy atom. The first kappa shape index (κ1) is 11.5. The SMILES string of the molecule is O=C(O)C1(c2cccc(Br)c2F)CC(O)C1. The van der Waals surface area contributed by atoms with Crippen molar-refractivity contribution in [3.8, 4) is 0 Å². The van der Waals surface area contributed by atoms with E-state index in [1.165, 1.54) is 12.1 Å². The quantitative estimate of drug-likeness (QED) is 0.876. The van der Waals surface area contributed by atoms with E-state index in [1.54, 1.807) is 6.07 Å². The zero-order valence-corrected chi connectivity index (χ0v) is 9.87. The standard InChI is InChI=1S/C11H10BrFO3/c12-8-3-1-2-7(9(8)13)11(10(15)16)4-6(14)5-11/h1-3,6,14H,4-5H2,(H,15,16). The molecule has 5 heteroatoms. The minimum atomic E-state index is -1.27. The first-order valence-corrected chi connectivity index (χ1v) is 5.62. The van der Waals surface area contributed by atoms with E-state index < -0.39 is 23.3 Å². The third-order valence-electron chi connectivity index (χ3n) is 3.04. The first-order chi connectivity index (χ1) is 7.47. The van der Waals surface area contributed by atoms with Crippen LogP contribution in [0.25, 0.3) is 0 Å². The monoisotopic (exact) mass is 288 g/mol. The number of rotatable bonds is 2. The second kappa shape index (κ2) is 3.82. The van der Waals surface area contributed by atoms with Gasteiger partial charge in [0, 0.05) is 5.56 Å². The van der Waals surface area contributed by atoms with Crippen LogP contribution in [0, 0.1) is 5.82 Å². The molecule has 0 amide bonds. The highest BCUT2D eigenvalue weighted by Crippen LogP contribution is 2.45. The second-order valence-electron chi connectivity index (χ2n) is 4.05. The summed E-state index contributed by atoms with van der Waals surface area (Å²) in [7, 11) is 0. The summed E-state index contributed by atoms with van der Waals surface area (Å²) in [5.41, 5.74) is -1.13. The van der Waals surface area contributed by atoms with Crippen molar-refractivity contribution >= 4 is 21.9 Å². The molecule has 0 aromatic heterocycles. The summed E-state index contributed by atoms with van der Waals surface area (Å²) in [6.07, 6.45) is -0.528. The topological polar surface area (TPSA) is 57.5 Å². The van der Waals surface area contributed by atoms with Crippen LogP contribution in [0.1, 0.15) is 18.4 Å². The number of carbonyl (C=O) groups is 1. The summed E-state index contributed by atoms with van der Waals surface area (Å²) in [5, 5.41) is 18.4. The van der Waals surface area contributed by atoms with Gasteiger partial charge in [-0.2, -0.15) is 0 Å². The molecule has 16 heavy (non-hydrogen) atoms. The van der Waals surface area contributed by atoms with Gasteiger partial charge in [0.05, 0.1) is 10.6 Å². The highest BCUT2D eigenvalue weighted by molar-refractivity contribution is 9.10. The van der Waals surface area contributed by atoms with E-state index >= 15 is 0 Å². The van der Waals surface area contributed by atoms with E-state index in [0.29, 0.717) is 0 Å². The number of aliphatic hydroxyl groups excluding tert-OH is 1. The Labute approximate surface area is 100 Å². The molecule has 0 heterocycles. The van der Waals surface area contributed by atoms with Gasteiger partial charge in [-0.1, -0.05) is 12.1 Å². The first-order valence-electron chi connectivity index (χ1n) is 4.83. The van der Waals surface area contributed by atoms with E-state index in [4.69, 9.17) is 0 Å². The van der Waals surface area contributed by atoms with Crippen molar-refractivity contribution < 1.29 is 19.4 Å². The number of aliphatic hydroxyl groups is 1. The molecule has 2 N–H and O–H groups in total. The molecule has 0 radical (unpaired) electrons. The van der Waals surface area contributed by atoms with Crippen LogP contribution in [0.5, 0.6) is 0 Å². The molecule has 0 spiro atoms. The maximum atomic E-state index is 13.8. The molecule has 1 aromatic rings. The molecule has 0 atom stereocenters.